The zero-order chi connectivity index (χ0) is 18.3. The lowest BCUT2D eigenvalue weighted by atomic mass is 10.2. The molecule has 0 spiro atoms. The van der Waals surface area contributed by atoms with E-state index in [1.165, 1.54) is 4.68 Å². The Balaban J connectivity index is 1.70. The van der Waals surface area contributed by atoms with Gasteiger partial charge in [0.25, 0.3) is 5.56 Å². The number of benzene rings is 2. The Morgan fingerprint density at radius 3 is 2.69 bits per heavy atom. The molecule has 4 rings (SSSR count). The van der Waals surface area contributed by atoms with Crippen molar-refractivity contribution in [2.75, 3.05) is 0 Å². The summed E-state index contributed by atoms with van der Waals surface area (Å²) in [5, 5.41) is 3.10. The van der Waals surface area contributed by atoms with Crippen molar-refractivity contribution in [3.8, 4) is 5.69 Å². The fraction of sp³-hybridized carbons (Fsp3) is 0.105. The van der Waals surface area contributed by atoms with E-state index in [4.69, 9.17) is 0 Å². The third-order valence-corrected chi connectivity index (χ3v) is 4.66. The maximum Gasteiger partial charge on any atom is 0.280 e. The summed E-state index contributed by atoms with van der Waals surface area (Å²) in [4.78, 5) is 24.8. The second-order valence-corrected chi connectivity index (χ2v) is 6.96. The summed E-state index contributed by atoms with van der Waals surface area (Å²) in [5.74, 6) is 0.861. The van der Waals surface area contributed by atoms with Crippen LogP contribution in [0.1, 0.15) is 17.1 Å². The van der Waals surface area contributed by atoms with Gasteiger partial charge in [-0.3, -0.25) is 14.9 Å². The predicted octanol–water partition coefficient (Wildman–Crippen LogP) is 4.17. The minimum Gasteiger partial charge on any atom is -0.342 e. The second-order valence-electron chi connectivity index (χ2n) is 6.05. The van der Waals surface area contributed by atoms with E-state index in [9.17, 15) is 4.79 Å². The van der Waals surface area contributed by atoms with E-state index in [-0.39, 0.29) is 5.56 Å². The standard InChI is InChI=1S/C19H16BrN5O/c1-11-16(19(26)25(24-11)15-6-3-13(20)4-7-15)10-21-14-5-8-17-18(9-14)23-12(2)22-17/h3-10,24H,1-2H3,(H,22,23). The van der Waals surface area contributed by atoms with Crippen LogP contribution in [0.15, 0.2) is 56.7 Å². The maximum absolute atomic E-state index is 12.7. The van der Waals surface area contributed by atoms with Gasteiger partial charge in [-0.25, -0.2) is 9.67 Å². The number of rotatable bonds is 3. The summed E-state index contributed by atoms with van der Waals surface area (Å²) in [5.41, 5.74) is 4.53. The Morgan fingerprint density at radius 1 is 1.15 bits per heavy atom. The average Bonchev–Trinajstić information content (AvgIpc) is 3.12. The van der Waals surface area contributed by atoms with E-state index in [0.29, 0.717) is 5.56 Å². The molecule has 2 N–H and O–H groups in total. The number of aromatic amines is 2. The van der Waals surface area contributed by atoms with Crippen LogP contribution in [0.3, 0.4) is 0 Å². The quantitative estimate of drug-likeness (QED) is 0.498. The van der Waals surface area contributed by atoms with Gasteiger partial charge in [0.15, 0.2) is 0 Å². The Hall–Kier alpha value is -2.93. The van der Waals surface area contributed by atoms with E-state index in [1.54, 1.807) is 6.21 Å². The fourth-order valence-corrected chi connectivity index (χ4v) is 3.09. The van der Waals surface area contributed by atoms with Gasteiger partial charge in [-0.15, -0.1) is 0 Å². The number of imidazole rings is 1. The molecule has 0 aliphatic heterocycles. The number of nitrogens with one attached hydrogen (secondary N) is 2. The van der Waals surface area contributed by atoms with E-state index in [0.717, 1.165) is 38.4 Å². The fourth-order valence-electron chi connectivity index (χ4n) is 2.83. The van der Waals surface area contributed by atoms with Gasteiger partial charge >= 0.3 is 0 Å². The first-order valence-corrected chi connectivity index (χ1v) is 8.88. The molecule has 130 valence electrons. The molecule has 7 heteroatoms. The lowest BCUT2D eigenvalue weighted by Gasteiger charge is -2.00. The van der Waals surface area contributed by atoms with Crippen molar-refractivity contribution in [3.05, 3.63) is 74.4 Å². The van der Waals surface area contributed by atoms with Crippen molar-refractivity contribution in [1.29, 1.82) is 0 Å². The number of hydrogen-bond acceptors (Lipinski definition) is 3. The van der Waals surface area contributed by atoms with Gasteiger partial charge in [0.05, 0.1) is 28.0 Å². The molecular weight excluding hydrogens is 394 g/mol. The van der Waals surface area contributed by atoms with Gasteiger partial charge < -0.3 is 4.98 Å². The zero-order valence-electron chi connectivity index (χ0n) is 14.2. The summed E-state index contributed by atoms with van der Waals surface area (Å²) in [6.07, 6.45) is 1.61. The molecule has 4 aromatic rings. The summed E-state index contributed by atoms with van der Waals surface area (Å²) in [6.45, 7) is 3.77. The number of aliphatic imine (C=N–C) groups is 1. The molecule has 6 nitrogen and oxygen atoms in total. The van der Waals surface area contributed by atoms with Crippen LogP contribution in [0, 0.1) is 13.8 Å². The lowest BCUT2D eigenvalue weighted by molar-refractivity contribution is 0.835. The van der Waals surface area contributed by atoms with Crippen LogP contribution in [-0.4, -0.2) is 26.0 Å². The third kappa shape index (κ3) is 3.01. The summed E-state index contributed by atoms with van der Waals surface area (Å²) in [7, 11) is 0. The van der Waals surface area contributed by atoms with Crippen molar-refractivity contribution in [3.63, 3.8) is 0 Å². The van der Waals surface area contributed by atoms with Crippen molar-refractivity contribution >= 4 is 38.9 Å². The molecule has 0 atom stereocenters. The Morgan fingerprint density at radius 2 is 1.92 bits per heavy atom. The zero-order valence-corrected chi connectivity index (χ0v) is 15.8. The van der Waals surface area contributed by atoms with E-state index in [1.807, 2.05) is 56.3 Å². The SMILES string of the molecule is Cc1nc2ccc(N=Cc3c(C)[nH]n(-c4ccc(Br)cc4)c3=O)cc2[nH]1. The molecular formula is C19H16BrN5O. The summed E-state index contributed by atoms with van der Waals surface area (Å²) in [6, 6.07) is 13.2. The van der Waals surface area contributed by atoms with E-state index < -0.39 is 0 Å². The topological polar surface area (TPSA) is 78.8 Å². The molecule has 0 radical (unpaired) electrons. The number of hydrogen-bond donors (Lipinski definition) is 2. The number of aryl methyl sites for hydroxylation is 2. The summed E-state index contributed by atoms with van der Waals surface area (Å²) >= 11 is 3.40. The Bertz CT molecular complexity index is 1180. The maximum atomic E-state index is 12.7. The number of fused-ring (bicyclic) bond motifs is 1. The highest BCUT2D eigenvalue weighted by Crippen LogP contribution is 2.19. The van der Waals surface area contributed by atoms with Crippen LogP contribution in [0.25, 0.3) is 16.7 Å². The highest BCUT2D eigenvalue weighted by atomic mass is 79.9. The molecule has 0 fully saturated rings. The smallest absolute Gasteiger partial charge is 0.280 e. The van der Waals surface area contributed by atoms with Crippen LogP contribution < -0.4 is 5.56 Å². The second kappa shape index (κ2) is 6.42. The molecule has 2 heterocycles. The van der Waals surface area contributed by atoms with Gasteiger partial charge in [0.1, 0.15) is 5.82 Å². The van der Waals surface area contributed by atoms with Crippen LogP contribution in [-0.2, 0) is 0 Å². The largest absolute Gasteiger partial charge is 0.342 e. The van der Waals surface area contributed by atoms with Gasteiger partial charge in [0, 0.05) is 16.4 Å². The molecule has 0 aliphatic carbocycles. The van der Waals surface area contributed by atoms with Crippen LogP contribution in [0.4, 0.5) is 5.69 Å². The van der Waals surface area contributed by atoms with Crippen molar-refractivity contribution in [1.82, 2.24) is 19.7 Å². The lowest BCUT2D eigenvalue weighted by Crippen LogP contribution is -2.17. The third-order valence-electron chi connectivity index (χ3n) is 4.13. The first-order valence-electron chi connectivity index (χ1n) is 8.09. The molecule has 0 saturated heterocycles. The molecule has 0 saturated carbocycles. The van der Waals surface area contributed by atoms with Gasteiger partial charge in [0.2, 0.25) is 0 Å². The van der Waals surface area contributed by atoms with Gasteiger partial charge in [-0.2, -0.15) is 0 Å². The minimum absolute atomic E-state index is 0.132. The summed E-state index contributed by atoms with van der Waals surface area (Å²) < 4.78 is 2.48. The van der Waals surface area contributed by atoms with Crippen molar-refractivity contribution in [2.45, 2.75) is 13.8 Å². The van der Waals surface area contributed by atoms with Crippen molar-refractivity contribution in [2.24, 2.45) is 4.99 Å². The molecule has 0 amide bonds. The number of aromatic nitrogens is 4. The van der Waals surface area contributed by atoms with Crippen LogP contribution in [0.2, 0.25) is 0 Å². The molecule has 2 aromatic heterocycles. The highest BCUT2D eigenvalue weighted by Gasteiger charge is 2.10. The monoisotopic (exact) mass is 409 g/mol. The van der Waals surface area contributed by atoms with Crippen molar-refractivity contribution < 1.29 is 0 Å². The number of nitrogens with zero attached hydrogens (tertiary/aromatic N) is 3. The van der Waals surface area contributed by atoms with E-state index in [2.05, 4.69) is 36.0 Å². The van der Waals surface area contributed by atoms with Crippen LogP contribution >= 0.6 is 15.9 Å². The molecule has 0 bridgehead atoms. The molecule has 2 aromatic carbocycles. The van der Waals surface area contributed by atoms with Gasteiger partial charge in [-0.05, 0) is 56.3 Å². The number of halogens is 1. The minimum atomic E-state index is -0.132. The van der Waals surface area contributed by atoms with E-state index >= 15 is 0 Å². The number of H-pyrrole nitrogens is 2. The first-order chi connectivity index (χ1) is 12.5. The van der Waals surface area contributed by atoms with Gasteiger partial charge in [-0.1, -0.05) is 15.9 Å². The normalized spacial score (nSPS) is 11.7. The first kappa shape index (κ1) is 16.5. The predicted molar refractivity (Wildman–Crippen MR) is 107 cm³/mol. The highest BCUT2D eigenvalue weighted by molar-refractivity contribution is 9.10. The molecule has 0 aliphatic rings. The average molecular weight is 410 g/mol. The Labute approximate surface area is 157 Å². The van der Waals surface area contributed by atoms with Crippen LogP contribution in [0.5, 0.6) is 0 Å². The molecule has 26 heavy (non-hydrogen) atoms. The molecule has 0 unspecified atom stereocenters. The Kier molecular flexibility index (Phi) is 4.08.